The summed E-state index contributed by atoms with van der Waals surface area (Å²) in [6, 6.07) is 0. The molecule has 0 spiro atoms. The Morgan fingerprint density at radius 3 is 1.20 bits per heavy atom. The summed E-state index contributed by atoms with van der Waals surface area (Å²) in [4.78, 5) is 51.1. The second-order valence-electron chi connectivity index (χ2n) is 19.5. The van der Waals surface area contributed by atoms with Crippen LogP contribution in [0.2, 0.25) is 0 Å². The smallest absolute Gasteiger partial charge is 0.335 e. The van der Waals surface area contributed by atoms with Crippen molar-refractivity contribution in [3.05, 3.63) is 146 Å². The van der Waals surface area contributed by atoms with Crippen LogP contribution in [0, 0.1) is 0 Å². The van der Waals surface area contributed by atoms with Gasteiger partial charge in [0, 0.05) is 19.3 Å². The number of carboxylic acid groups (broad SMARTS) is 1. The van der Waals surface area contributed by atoms with Gasteiger partial charge in [-0.15, -0.1) is 0 Å². The van der Waals surface area contributed by atoms with E-state index in [9.17, 15) is 34.5 Å². The van der Waals surface area contributed by atoms with Gasteiger partial charge in [0.25, 0.3) is 0 Å². The van der Waals surface area contributed by atoms with Crippen LogP contribution in [0.4, 0.5) is 0 Å². The Balaban J connectivity index is 2.75. The number of esters is 3. The van der Waals surface area contributed by atoms with Crippen LogP contribution in [0.25, 0.3) is 0 Å². The summed E-state index contributed by atoms with van der Waals surface area (Å²) in [5.41, 5.74) is 0. The average Bonchev–Trinajstić information content (AvgIpc) is 3.44. The van der Waals surface area contributed by atoms with E-state index < -0.39 is 67.3 Å². The fourth-order valence-corrected chi connectivity index (χ4v) is 7.95. The van der Waals surface area contributed by atoms with Crippen molar-refractivity contribution in [2.45, 2.75) is 237 Å². The molecule has 1 fully saturated rings. The molecule has 6 atom stereocenters. The first-order valence-electron chi connectivity index (χ1n) is 29.8. The third kappa shape index (κ3) is 43.1. The third-order valence-electron chi connectivity index (χ3n) is 12.4. The zero-order chi connectivity index (χ0) is 57.5. The van der Waals surface area contributed by atoms with E-state index in [1.54, 1.807) is 0 Å². The van der Waals surface area contributed by atoms with Crippen molar-refractivity contribution in [1.29, 1.82) is 0 Å². The van der Waals surface area contributed by atoms with Gasteiger partial charge >= 0.3 is 23.9 Å². The monoisotopic (exact) mass is 1100 g/mol. The molecule has 442 valence electrons. The summed E-state index contributed by atoms with van der Waals surface area (Å²) < 4.78 is 28.3. The molecule has 1 heterocycles. The number of hydrogen-bond acceptors (Lipinski definition) is 11. The second kappa shape index (κ2) is 53.3. The lowest BCUT2D eigenvalue weighted by atomic mass is 9.98. The summed E-state index contributed by atoms with van der Waals surface area (Å²) >= 11 is 0. The summed E-state index contributed by atoms with van der Waals surface area (Å²) in [6.07, 6.45) is 64.0. The van der Waals surface area contributed by atoms with Crippen LogP contribution < -0.4 is 0 Å². The molecular formula is C67H102O12. The van der Waals surface area contributed by atoms with E-state index in [0.717, 1.165) is 135 Å². The van der Waals surface area contributed by atoms with Crippen molar-refractivity contribution < 1.29 is 58.2 Å². The van der Waals surface area contributed by atoms with Crippen molar-refractivity contribution in [2.75, 3.05) is 13.2 Å². The Kier molecular flexibility index (Phi) is 48.3. The molecule has 0 amide bonds. The number of carboxylic acids is 1. The predicted octanol–water partition coefficient (Wildman–Crippen LogP) is 15.6. The predicted molar refractivity (Wildman–Crippen MR) is 321 cm³/mol. The molecule has 0 aromatic carbocycles. The highest BCUT2D eigenvalue weighted by atomic mass is 16.7. The molecule has 6 unspecified atom stereocenters. The summed E-state index contributed by atoms with van der Waals surface area (Å²) in [5, 5.41) is 31.5. The number of allylic oxidation sites excluding steroid dienone is 24. The number of aliphatic carboxylic acids is 1. The summed E-state index contributed by atoms with van der Waals surface area (Å²) in [5.74, 6) is -3.30. The fourth-order valence-electron chi connectivity index (χ4n) is 7.95. The number of carbonyl (C=O) groups excluding carboxylic acids is 3. The molecule has 0 radical (unpaired) electrons. The van der Waals surface area contributed by atoms with E-state index in [2.05, 4.69) is 148 Å². The number of hydrogen-bond donors (Lipinski definition) is 3. The van der Waals surface area contributed by atoms with Crippen molar-refractivity contribution >= 4 is 23.9 Å². The largest absolute Gasteiger partial charge is 0.479 e. The van der Waals surface area contributed by atoms with E-state index >= 15 is 0 Å². The van der Waals surface area contributed by atoms with E-state index in [1.807, 2.05) is 18.2 Å². The number of aliphatic hydroxyl groups is 2. The SMILES string of the molecule is CC/C=C\C/C=C\C/C=C\C/C=C\CCCCCCCCC(=O)OCC(COC1OC(C(=O)O)C(O)C(O)C1OC(=O)CC/C=C\C/C=C\C/C=C\C/C=C\CC)OC(=O)CCCCCC/C=C\C/C=C\C/C=C\C/C=C\CC. The minimum Gasteiger partial charge on any atom is -0.479 e. The maximum atomic E-state index is 13.2. The fraction of sp³-hybridized carbons (Fsp3) is 0.582. The van der Waals surface area contributed by atoms with Gasteiger partial charge in [-0.1, -0.05) is 205 Å². The molecule has 0 aromatic rings. The quantitative estimate of drug-likeness (QED) is 0.0228. The maximum absolute atomic E-state index is 13.2. The van der Waals surface area contributed by atoms with Crippen LogP contribution in [-0.2, 0) is 42.9 Å². The highest BCUT2D eigenvalue weighted by Crippen LogP contribution is 2.26. The van der Waals surface area contributed by atoms with Gasteiger partial charge in [0.05, 0.1) is 6.61 Å². The molecule has 12 heteroatoms. The van der Waals surface area contributed by atoms with Crippen LogP contribution in [0.3, 0.4) is 0 Å². The number of carbonyl (C=O) groups is 4. The summed E-state index contributed by atoms with van der Waals surface area (Å²) in [6.45, 7) is 5.56. The van der Waals surface area contributed by atoms with E-state index in [0.29, 0.717) is 25.7 Å². The van der Waals surface area contributed by atoms with Gasteiger partial charge < -0.3 is 39.0 Å². The highest BCUT2D eigenvalue weighted by molar-refractivity contribution is 5.74. The van der Waals surface area contributed by atoms with Crippen LogP contribution >= 0.6 is 0 Å². The van der Waals surface area contributed by atoms with Gasteiger partial charge in [0.15, 0.2) is 24.6 Å². The summed E-state index contributed by atoms with van der Waals surface area (Å²) in [7, 11) is 0. The first kappa shape index (κ1) is 71.6. The van der Waals surface area contributed by atoms with Crippen molar-refractivity contribution in [1.82, 2.24) is 0 Å². The van der Waals surface area contributed by atoms with Crippen molar-refractivity contribution in [3.8, 4) is 0 Å². The zero-order valence-electron chi connectivity index (χ0n) is 48.5. The first-order chi connectivity index (χ1) is 38.6. The Bertz CT molecular complexity index is 1930. The lowest BCUT2D eigenvalue weighted by molar-refractivity contribution is -0.301. The van der Waals surface area contributed by atoms with Gasteiger partial charge in [0.2, 0.25) is 0 Å². The molecule has 1 saturated heterocycles. The molecule has 1 aliphatic rings. The highest BCUT2D eigenvalue weighted by Gasteiger charge is 2.50. The molecule has 79 heavy (non-hydrogen) atoms. The normalized spacial score (nSPS) is 18.9. The van der Waals surface area contributed by atoms with Crippen LogP contribution in [-0.4, -0.2) is 89.2 Å². The van der Waals surface area contributed by atoms with Crippen LogP contribution in [0.1, 0.15) is 201 Å². The van der Waals surface area contributed by atoms with E-state index in [-0.39, 0.29) is 25.9 Å². The molecule has 1 aliphatic heterocycles. The topological polar surface area (TPSA) is 175 Å². The Labute approximate surface area is 476 Å². The lowest BCUT2D eigenvalue weighted by Crippen LogP contribution is -2.61. The molecule has 1 rings (SSSR count). The molecule has 0 aromatic heterocycles. The zero-order valence-corrected chi connectivity index (χ0v) is 48.5. The molecular weight excluding hydrogens is 997 g/mol. The third-order valence-corrected chi connectivity index (χ3v) is 12.4. The standard InChI is InChI=1S/C67H102O12/c1-4-7-10-13-16-19-22-25-27-29-30-32-33-36-38-41-44-47-50-53-59(68)75-56-58(77-60(69)54-51-48-45-42-40-37-34-31-28-26-23-20-17-14-11-8-5-2)57-76-67-65(63(72)62(71)64(79-67)66(73)74)78-61(70)55-52-49-46-43-39-35-24-21-18-15-12-9-6-3/h7-12,16-21,25-28,30,32,34-35,37,39,46,49,58,62-65,67,71-72H,4-6,13-15,22-24,29,31,33,36,38,40-45,47-48,50-57H2,1-3H3,(H,73,74)/b10-7-,11-8-,12-9-,19-16-,20-17-,21-18-,27-25-,28-26-,32-30-,37-34-,39-35-,49-46-. The van der Waals surface area contributed by atoms with Crippen LogP contribution in [0.5, 0.6) is 0 Å². The van der Waals surface area contributed by atoms with E-state index in [4.69, 9.17) is 23.7 Å². The van der Waals surface area contributed by atoms with Gasteiger partial charge in [-0.2, -0.15) is 0 Å². The number of unbranched alkanes of at least 4 members (excludes halogenated alkanes) is 10. The maximum Gasteiger partial charge on any atom is 0.335 e. The molecule has 3 N–H and O–H groups in total. The molecule has 0 bridgehead atoms. The number of rotatable bonds is 48. The van der Waals surface area contributed by atoms with Gasteiger partial charge in [-0.05, 0) is 122 Å². The average molecular weight is 1100 g/mol. The van der Waals surface area contributed by atoms with Gasteiger partial charge in [-0.3, -0.25) is 14.4 Å². The second-order valence-corrected chi connectivity index (χ2v) is 19.5. The van der Waals surface area contributed by atoms with Crippen LogP contribution in [0.15, 0.2) is 146 Å². The Hall–Kier alpha value is -5.40. The van der Waals surface area contributed by atoms with Gasteiger partial charge in [-0.25, -0.2) is 4.79 Å². The number of ether oxygens (including phenoxy) is 5. The Morgan fingerprint density at radius 2 is 0.785 bits per heavy atom. The Morgan fingerprint density at radius 1 is 0.418 bits per heavy atom. The molecule has 0 aliphatic carbocycles. The van der Waals surface area contributed by atoms with Gasteiger partial charge in [0.1, 0.15) is 18.8 Å². The first-order valence-corrected chi connectivity index (χ1v) is 29.8. The number of aliphatic hydroxyl groups excluding tert-OH is 2. The van der Waals surface area contributed by atoms with Crippen molar-refractivity contribution in [3.63, 3.8) is 0 Å². The van der Waals surface area contributed by atoms with Crippen molar-refractivity contribution in [2.24, 2.45) is 0 Å². The minimum atomic E-state index is -1.94. The molecule has 0 saturated carbocycles. The van der Waals surface area contributed by atoms with E-state index in [1.165, 1.54) is 0 Å². The minimum absolute atomic E-state index is 0.0735. The molecule has 12 nitrogen and oxygen atoms in total. The lowest BCUT2D eigenvalue weighted by Gasteiger charge is -2.40.